The highest BCUT2D eigenvalue weighted by atomic mass is 79.9. The second kappa shape index (κ2) is 6.14. The summed E-state index contributed by atoms with van der Waals surface area (Å²) >= 11 is 3.34. The summed E-state index contributed by atoms with van der Waals surface area (Å²) in [6.07, 6.45) is -4.66. The highest BCUT2D eigenvalue weighted by Crippen LogP contribution is 2.28. The minimum Gasteiger partial charge on any atom is -0.280 e. The minimum absolute atomic E-state index is 0.0100. The maximum atomic E-state index is 12.8. The Morgan fingerprint density at radius 1 is 1.12 bits per heavy atom. The van der Waals surface area contributed by atoms with Gasteiger partial charge in [-0.1, -0.05) is 34.1 Å². The molecule has 0 N–H and O–H groups in total. The van der Waals surface area contributed by atoms with Crippen LogP contribution in [0.5, 0.6) is 0 Å². The third-order valence-corrected chi connectivity index (χ3v) is 4.54. The Balaban J connectivity index is 2.24. The second-order valence-electron chi connectivity index (χ2n) is 5.39. The monoisotopic (exact) mass is 413 g/mol. The van der Waals surface area contributed by atoms with Crippen LogP contribution in [0.15, 0.2) is 50.5 Å². The van der Waals surface area contributed by atoms with Crippen LogP contribution in [0.3, 0.4) is 0 Å². The van der Waals surface area contributed by atoms with Crippen molar-refractivity contribution in [3.63, 3.8) is 0 Å². The van der Waals surface area contributed by atoms with Gasteiger partial charge in [0.1, 0.15) is 11.3 Å². The summed E-state index contributed by atoms with van der Waals surface area (Å²) < 4.78 is 41.1. The summed E-state index contributed by atoms with van der Waals surface area (Å²) in [5.74, 6) is 0. The molecule has 0 saturated carbocycles. The largest absolute Gasteiger partial charge is 0.433 e. The number of aryl methyl sites for hydroxylation is 1. The van der Waals surface area contributed by atoms with Crippen molar-refractivity contribution in [1.29, 1.82) is 0 Å². The first kappa shape index (κ1) is 17.4. The molecular weight excluding hydrogens is 403 g/mol. The van der Waals surface area contributed by atoms with Gasteiger partial charge in [-0.2, -0.15) is 13.2 Å². The van der Waals surface area contributed by atoms with E-state index in [9.17, 15) is 22.8 Å². The molecule has 0 radical (unpaired) electrons. The fraction of sp³-hybridized carbons (Fsp3) is 0.188. The first-order valence-corrected chi connectivity index (χ1v) is 7.90. The molecule has 0 spiro atoms. The predicted octanol–water partition coefficient (Wildman–Crippen LogP) is 2.92. The van der Waals surface area contributed by atoms with Crippen LogP contribution >= 0.6 is 15.9 Å². The van der Waals surface area contributed by atoms with E-state index in [2.05, 4.69) is 20.9 Å². The summed E-state index contributed by atoms with van der Waals surface area (Å²) in [6.45, 7) is -0.0100. The molecular formula is C16H11BrF3N3O2. The van der Waals surface area contributed by atoms with Crippen molar-refractivity contribution >= 4 is 27.0 Å². The van der Waals surface area contributed by atoms with Gasteiger partial charge < -0.3 is 0 Å². The van der Waals surface area contributed by atoms with Crippen LogP contribution in [-0.2, 0) is 19.8 Å². The number of hydrogen-bond acceptors (Lipinski definition) is 3. The van der Waals surface area contributed by atoms with Crippen molar-refractivity contribution in [3.8, 4) is 0 Å². The lowest BCUT2D eigenvalue weighted by atomic mass is 10.2. The van der Waals surface area contributed by atoms with Gasteiger partial charge in [-0.15, -0.1) is 0 Å². The van der Waals surface area contributed by atoms with Gasteiger partial charge in [0.15, 0.2) is 0 Å². The quantitative estimate of drug-likeness (QED) is 0.648. The molecule has 0 saturated heterocycles. The Labute approximate surface area is 147 Å². The summed E-state index contributed by atoms with van der Waals surface area (Å²) in [4.78, 5) is 28.5. The lowest BCUT2D eigenvalue weighted by molar-refractivity contribution is -0.141. The number of halogens is 4. The second-order valence-corrected chi connectivity index (χ2v) is 6.24. The molecule has 0 atom stereocenters. The standard InChI is InChI=1S/C16H11BrF3N3O2/c1-22-13-10(6-7-12(21-13)16(18,19)20)14(24)23(15(22)25)8-9-4-2-3-5-11(9)17/h2-7H,8H2,1H3. The maximum absolute atomic E-state index is 12.8. The minimum atomic E-state index is -4.66. The van der Waals surface area contributed by atoms with Crippen LogP contribution in [0.4, 0.5) is 13.2 Å². The molecule has 9 heteroatoms. The van der Waals surface area contributed by atoms with E-state index >= 15 is 0 Å². The third kappa shape index (κ3) is 3.11. The first-order chi connectivity index (χ1) is 11.7. The molecule has 0 unspecified atom stereocenters. The predicted molar refractivity (Wildman–Crippen MR) is 89.5 cm³/mol. The third-order valence-electron chi connectivity index (χ3n) is 3.76. The molecule has 0 amide bonds. The Hall–Kier alpha value is -2.42. The van der Waals surface area contributed by atoms with Gasteiger partial charge in [0.25, 0.3) is 5.56 Å². The topological polar surface area (TPSA) is 56.9 Å². The SMILES string of the molecule is Cn1c(=O)n(Cc2ccccc2Br)c(=O)c2ccc(C(F)(F)F)nc21. The molecule has 1 aromatic carbocycles. The van der Waals surface area contributed by atoms with Gasteiger partial charge in [0.2, 0.25) is 0 Å². The first-order valence-electron chi connectivity index (χ1n) is 7.11. The van der Waals surface area contributed by atoms with Crippen molar-refractivity contribution in [1.82, 2.24) is 14.1 Å². The molecule has 2 aromatic heterocycles. The maximum Gasteiger partial charge on any atom is 0.433 e. The summed E-state index contributed by atoms with van der Waals surface area (Å²) in [5.41, 5.74) is -2.18. The highest BCUT2D eigenvalue weighted by molar-refractivity contribution is 9.10. The van der Waals surface area contributed by atoms with E-state index in [1.54, 1.807) is 24.3 Å². The lowest BCUT2D eigenvalue weighted by Gasteiger charge is -2.12. The zero-order valence-electron chi connectivity index (χ0n) is 12.8. The molecule has 3 aromatic rings. The van der Waals surface area contributed by atoms with Crippen molar-refractivity contribution in [3.05, 3.63) is 73.0 Å². The Bertz CT molecular complexity index is 1090. The molecule has 0 fully saturated rings. The highest BCUT2D eigenvalue weighted by Gasteiger charge is 2.33. The van der Waals surface area contributed by atoms with Gasteiger partial charge in [-0.25, -0.2) is 9.78 Å². The Morgan fingerprint density at radius 3 is 2.44 bits per heavy atom. The molecule has 2 heterocycles. The molecule has 3 rings (SSSR count). The van der Waals surface area contributed by atoms with E-state index in [4.69, 9.17) is 0 Å². The fourth-order valence-electron chi connectivity index (χ4n) is 2.47. The van der Waals surface area contributed by atoms with Crippen LogP contribution < -0.4 is 11.2 Å². The average molecular weight is 414 g/mol. The van der Waals surface area contributed by atoms with E-state index in [1.807, 2.05) is 0 Å². The fourth-order valence-corrected chi connectivity index (χ4v) is 2.88. The van der Waals surface area contributed by atoms with E-state index in [-0.39, 0.29) is 17.6 Å². The number of fused-ring (bicyclic) bond motifs is 1. The van der Waals surface area contributed by atoms with E-state index in [0.717, 1.165) is 25.7 Å². The van der Waals surface area contributed by atoms with E-state index in [0.29, 0.717) is 5.56 Å². The molecule has 5 nitrogen and oxygen atoms in total. The molecule has 0 aliphatic heterocycles. The van der Waals surface area contributed by atoms with Crippen LogP contribution in [0.25, 0.3) is 11.0 Å². The van der Waals surface area contributed by atoms with Gasteiger partial charge in [0, 0.05) is 11.5 Å². The zero-order valence-corrected chi connectivity index (χ0v) is 14.4. The van der Waals surface area contributed by atoms with Gasteiger partial charge in [-0.3, -0.25) is 13.9 Å². The number of aromatic nitrogens is 3. The van der Waals surface area contributed by atoms with Crippen LogP contribution in [-0.4, -0.2) is 14.1 Å². The zero-order chi connectivity index (χ0) is 18.4. The number of pyridine rings is 1. The van der Waals surface area contributed by atoms with Gasteiger partial charge >= 0.3 is 11.9 Å². The van der Waals surface area contributed by atoms with Crippen molar-refractivity contribution in [2.75, 3.05) is 0 Å². The lowest BCUT2D eigenvalue weighted by Crippen LogP contribution is -2.39. The molecule has 0 bridgehead atoms. The Morgan fingerprint density at radius 2 is 1.80 bits per heavy atom. The number of nitrogens with zero attached hydrogens (tertiary/aromatic N) is 3. The average Bonchev–Trinajstić information content (AvgIpc) is 2.57. The number of alkyl halides is 3. The number of hydrogen-bond donors (Lipinski definition) is 0. The van der Waals surface area contributed by atoms with Gasteiger partial charge in [-0.05, 0) is 23.8 Å². The van der Waals surface area contributed by atoms with Crippen molar-refractivity contribution < 1.29 is 13.2 Å². The van der Waals surface area contributed by atoms with Crippen LogP contribution in [0.2, 0.25) is 0 Å². The molecule has 0 aliphatic rings. The number of rotatable bonds is 2. The van der Waals surface area contributed by atoms with E-state index < -0.39 is 23.1 Å². The summed E-state index contributed by atoms with van der Waals surface area (Å²) in [5, 5.41) is -0.0536. The molecule has 130 valence electrons. The van der Waals surface area contributed by atoms with Crippen molar-refractivity contribution in [2.45, 2.75) is 12.7 Å². The molecule has 25 heavy (non-hydrogen) atoms. The number of benzene rings is 1. The van der Waals surface area contributed by atoms with Crippen molar-refractivity contribution in [2.24, 2.45) is 7.05 Å². The molecule has 0 aliphatic carbocycles. The summed E-state index contributed by atoms with van der Waals surface area (Å²) in [7, 11) is 1.29. The Kier molecular flexibility index (Phi) is 4.28. The van der Waals surface area contributed by atoms with Crippen LogP contribution in [0, 0.1) is 0 Å². The normalized spacial score (nSPS) is 11.9. The van der Waals surface area contributed by atoms with Gasteiger partial charge in [0.05, 0.1) is 11.9 Å². The smallest absolute Gasteiger partial charge is 0.280 e. The summed E-state index contributed by atoms with van der Waals surface area (Å²) in [6, 6.07) is 8.83. The van der Waals surface area contributed by atoms with Crippen LogP contribution in [0.1, 0.15) is 11.3 Å². The van der Waals surface area contributed by atoms with E-state index in [1.165, 1.54) is 7.05 Å².